The van der Waals surface area contributed by atoms with E-state index in [1.54, 1.807) is 12.4 Å². The van der Waals surface area contributed by atoms with Gasteiger partial charge in [-0.15, -0.1) is 0 Å². The van der Waals surface area contributed by atoms with Crippen molar-refractivity contribution >= 4 is 10.9 Å². The molecule has 0 atom stereocenters. The molecular formula is C8H10N4. The summed E-state index contributed by atoms with van der Waals surface area (Å²) in [5, 5.41) is 7.90. The third-order valence-electron chi connectivity index (χ3n) is 1.83. The van der Waals surface area contributed by atoms with E-state index in [4.69, 9.17) is 5.73 Å². The number of hydrogen-bond acceptors (Lipinski definition) is 3. The van der Waals surface area contributed by atoms with Crippen molar-refractivity contribution in [3.63, 3.8) is 0 Å². The lowest BCUT2D eigenvalue weighted by Crippen LogP contribution is -2.04. The molecule has 0 saturated carbocycles. The molecule has 0 fully saturated rings. The van der Waals surface area contributed by atoms with Gasteiger partial charge >= 0.3 is 0 Å². The molecule has 0 spiro atoms. The van der Waals surface area contributed by atoms with Crippen molar-refractivity contribution in [2.75, 3.05) is 6.54 Å². The zero-order chi connectivity index (χ0) is 8.39. The molecule has 62 valence electrons. The highest BCUT2D eigenvalue weighted by molar-refractivity contribution is 5.79. The van der Waals surface area contributed by atoms with Gasteiger partial charge in [-0.05, 0) is 12.6 Å². The summed E-state index contributed by atoms with van der Waals surface area (Å²) >= 11 is 0. The van der Waals surface area contributed by atoms with E-state index in [0.29, 0.717) is 6.54 Å². The lowest BCUT2D eigenvalue weighted by Gasteiger charge is -1.97. The first kappa shape index (κ1) is 7.24. The van der Waals surface area contributed by atoms with Crippen LogP contribution in [0, 0.1) is 0 Å². The fraction of sp³-hybridized carbons (Fsp3) is 0.250. The molecule has 0 aliphatic heterocycles. The third kappa shape index (κ3) is 1.06. The number of nitrogens with one attached hydrogen (secondary N) is 1. The van der Waals surface area contributed by atoms with Crippen LogP contribution in [0.1, 0.15) is 5.69 Å². The molecule has 12 heavy (non-hydrogen) atoms. The summed E-state index contributed by atoms with van der Waals surface area (Å²) in [6, 6.07) is 1.91. The van der Waals surface area contributed by atoms with Gasteiger partial charge in [0.05, 0.1) is 17.4 Å². The van der Waals surface area contributed by atoms with Gasteiger partial charge in [0.2, 0.25) is 0 Å². The van der Waals surface area contributed by atoms with E-state index in [0.717, 1.165) is 23.0 Å². The smallest absolute Gasteiger partial charge is 0.0684 e. The molecule has 4 nitrogen and oxygen atoms in total. The molecule has 0 amide bonds. The summed E-state index contributed by atoms with van der Waals surface area (Å²) in [6.07, 6.45) is 4.36. The number of pyridine rings is 1. The van der Waals surface area contributed by atoms with Gasteiger partial charge in [0.25, 0.3) is 0 Å². The summed E-state index contributed by atoms with van der Waals surface area (Å²) in [6.45, 7) is 0.622. The number of aromatic nitrogens is 3. The Labute approximate surface area is 69.8 Å². The molecule has 4 heteroatoms. The fourth-order valence-electron chi connectivity index (χ4n) is 1.26. The molecule has 3 N–H and O–H groups in total. The van der Waals surface area contributed by atoms with Crippen LogP contribution in [-0.2, 0) is 6.42 Å². The van der Waals surface area contributed by atoms with E-state index in [-0.39, 0.29) is 0 Å². The van der Waals surface area contributed by atoms with Gasteiger partial charge in [0.15, 0.2) is 0 Å². The highest BCUT2D eigenvalue weighted by atomic mass is 15.1. The van der Waals surface area contributed by atoms with Crippen molar-refractivity contribution in [2.45, 2.75) is 6.42 Å². The Hall–Kier alpha value is -1.42. The molecule has 0 saturated heterocycles. The zero-order valence-corrected chi connectivity index (χ0v) is 6.62. The molecule has 0 radical (unpaired) electrons. The zero-order valence-electron chi connectivity index (χ0n) is 6.62. The number of aromatic amines is 1. The second kappa shape index (κ2) is 2.91. The largest absolute Gasteiger partial charge is 0.330 e. The van der Waals surface area contributed by atoms with Crippen LogP contribution in [0.15, 0.2) is 18.5 Å². The summed E-state index contributed by atoms with van der Waals surface area (Å²) in [7, 11) is 0. The van der Waals surface area contributed by atoms with Crippen LogP contribution in [-0.4, -0.2) is 21.7 Å². The number of nitrogens with two attached hydrogens (primary N) is 1. The second-order valence-electron chi connectivity index (χ2n) is 2.63. The standard InChI is InChI=1S/C8H10N4/c9-3-1-7-6-5-11-12-8(6)2-4-10-7/h2,4-5H,1,3,9H2,(H,11,12). The molecule has 2 rings (SSSR count). The van der Waals surface area contributed by atoms with Crippen LogP contribution in [0.4, 0.5) is 0 Å². The van der Waals surface area contributed by atoms with Crippen molar-refractivity contribution in [1.82, 2.24) is 15.2 Å². The molecule has 2 aromatic heterocycles. The number of nitrogens with zero attached hydrogens (tertiary/aromatic N) is 2. The summed E-state index contributed by atoms with van der Waals surface area (Å²) in [5.41, 5.74) is 7.49. The predicted molar refractivity (Wildman–Crippen MR) is 46.6 cm³/mol. The average Bonchev–Trinajstić information content (AvgIpc) is 2.53. The van der Waals surface area contributed by atoms with E-state index in [1.165, 1.54) is 0 Å². The average molecular weight is 162 g/mol. The summed E-state index contributed by atoms with van der Waals surface area (Å²) in [5.74, 6) is 0. The van der Waals surface area contributed by atoms with Crippen LogP contribution in [0.25, 0.3) is 10.9 Å². The van der Waals surface area contributed by atoms with Gasteiger partial charge in [-0.1, -0.05) is 0 Å². The van der Waals surface area contributed by atoms with Crippen molar-refractivity contribution in [2.24, 2.45) is 5.73 Å². The van der Waals surface area contributed by atoms with E-state index < -0.39 is 0 Å². The van der Waals surface area contributed by atoms with Gasteiger partial charge in [-0.2, -0.15) is 5.10 Å². The van der Waals surface area contributed by atoms with E-state index >= 15 is 0 Å². The van der Waals surface area contributed by atoms with Crippen molar-refractivity contribution in [1.29, 1.82) is 0 Å². The first-order valence-corrected chi connectivity index (χ1v) is 3.89. The fourth-order valence-corrected chi connectivity index (χ4v) is 1.26. The van der Waals surface area contributed by atoms with Crippen molar-refractivity contribution in [3.8, 4) is 0 Å². The highest BCUT2D eigenvalue weighted by Crippen LogP contribution is 2.12. The topological polar surface area (TPSA) is 67.6 Å². The molecule has 2 aromatic rings. The van der Waals surface area contributed by atoms with Crippen LogP contribution in [0.5, 0.6) is 0 Å². The van der Waals surface area contributed by atoms with Gasteiger partial charge in [-0.3, -0.25) is 10.1 Å². The summed E-state index contributed by atoms with van der Waals surface area (Å²) in [4.78, 5) is 4.23. The maximum atomic E-state index is 5.45. The SMILES string of the molecule is NCCc1nccc2[nH]ncc12. The third-order valence-corrected chi connectivity index (χ3v) is 1.83. The minimum Gasteiger partial charge on any atom is -0.330 e. The molecule has 0 aliphatic carbocycles. The Morgan fingerprint density at radius 3 is 3.25 bits per heavy atom. The molecule has 0 aliphatic rings. The predicted octanol–water partition coefficient (Wildman–Crippen LogP) is 0.459. The van der Waals surface area contributed by atoms with E-state index in [9.17, 15) is 0 Å². The Bertz CT molecular complexity index is 379. The van der Waals surface area contributed by atoms with Crippen LogP contribution < -0.4 is 5.73 Å². The van der Waals surface area contributed by atoms with Crippen LogP contribution in [0.3, 0.4) is 0 Å². The lowest BCUT2D eigenvalue weighted by molar-refractivity contribution is 0.935. The van der Waals surface area contributed by atoms with Crippen molar-refractivity contribution < 1.29 is 0 Å². The van der Waals surface area contributed by atoms with Gasteiger partial charge in [0.1, 0.15) is 0 Å². The number of H-pyrrole nitrogens is 1. The van der Waals surface area contributed by atoms with Gasteiger partial charge < -0.3 is 5.73 Å². The lowest BCUT2D eigenvalue weighted by atomic mass is 10.2. The molecule has 2 heterocycles. The van der Waals surface area contributed by atoms with Crippen LogP contribution >= 0.6 is 0 Å². The Kier molecular flexibility index (Phi) is 1.75. The first-order chi connectivity index (χ1) is 5.92. The van der Waals surface area contributed by atoms with E-state index in [1.807, 2.05) is 6.07 Å². The Morgan fingerprint density at radius 1 is 1.50 bits per heavy atom. The Balaban J connectivity index is 2.57. The van der Waals surface area contributed by atoms with Gasteiger partial charge in [0, 0.05) is 18.0 Å². The van der Waals surface area contributed by atoms with Gasteiger partial charge in [-0.25, -0.2) is 0 Å². The number of fused-ring (bicyclic) bond motifs is 1. The first-order valence-electron chi connectivity index (χ1n) is 3.89. The minimum atomic E-state index is 0.622. The van der Waals surface area contributed by atoms with Crippen LogP contribution in [0.2, 0.25) is 0 Å². The van der Waals surface area contributed by atoms with E-state index in [2.05, 4.69) is 15.2 Å². The monoisotopic (exact) mass is 162 g/mol. The molecule has 0 unspecified atom stereocenters. The highest BCUT2D eigenvalue weighted by Gasteiger charge is 2.01. The molecule has 0 aromatic carbocycles. The van der Waals surface area contributed by atoms with Crippen molar-refractivity contribution in [3.05, 3.63) is 24.2 Å². The molecule has 0 bridgehead atoms. The maximum Gasteiger partial charge on any atom is 0.0684 e. The second-order valence-corrected chi connectivity index (χ2v) is 2.63. The number of hydrogen-bond donors (Lipinski definition) is 2. The molecular weight excluding hydrogens is 152 g/mol. The minimum absolute atomic E-state index is 0.622. The quantitative estimate of drug-likeness (QED) is 0.674. The normalized spacial score (nSPS) is 10.8. The maximum absolute atomic E-state index is 5.45. The Morgan fingerprint density at radius 2 is 2.42 bits per heavy atom. The summed E-state index contributed by atoms with van der Waals surface area (Å²) < 4.78 is 0. The number of rotatable bonds is 2.